The van der Waals surface area contributed by atoms with Gasteiger partial charge in [0.25, 0.3) is 0 Å². The number of anilines is 1. The van der Waals surface area contributed by atoms with E-state index >= 15 is 0 Å². The third-order valence-corrected chi connectivity index (χ3v) is 2.77. The molecule has 0 radical (unpaired) electrons. The van der Waals surface area contributed by atoms with Crippen molar-refractivity contribution in [3.8, 4) is 0 Å². The van der Waals surface area contributed by atoms with Crippen molar-refractivity contribution in [2.75, 3.05) is 11.9 Å². The van der Waals surface area contributed by atoms with E-state index in [2.05, 4.69) is 37.1 Å². The minimum Gasteiger partial charge on any atom is -0.370 e. The Balaban J connectivity index is 2.41. The molecule has 0 aliphatic rings. The molecule has 3 nitrogen and oxygen atoms in total. The molecule has 17 heavy (non-hydrogen) atoms. The summed E-state index contributed by atoms with van der Waals surface area (Å²) in [5.74, 6) is 0.947. The number of pyridine rings is 1. The molecule has 1 heterocycles. The summed E-state index contributed by atoms with van der Waals surface area (Å²) in [4.78, 5) is 4.42. The highest BCUT2D eigenvalue weighted by molar-refractivity contribution is 5.36. The first-order chi connectivity index (χ1) is 7.89. The van der Waals surface area contributed by atoms with Gasteiger partial charge in [-0.05, 0) is 36.8 Å². The van der Waals surface area contributed by atoms with Crippen molar-refractivity contribution in [3.05, 3.63) is 23.9 Å². The molecule has 1 rings (SSSR count). The van der Waals surface area contributed by atoms with Crippen LogP contribution in [0.5, 0.6) is 0 Å². The third-order valence-electron chi connectivity index (χ3n) is 2.77. The molecule has 1 aromatic rings. The van der Waals surface area contributed by atoms with Gasteiger partial charge < -0.3 is 11.1 Å². The molecule has 0 spiro atoms. The maximum atomic E-state index is 5.70. The molecule has 1 aromatic heterocycles. The van der Waals surface area contributed by atoms with E-state index < -0.39 is 0 Å². The van der Waals surface area contributed by atoms with Crippen molar-refractivity contribution in [1.82, 2.24) is 4.98 Å². The van der Waals surface area contributed by atoms with Gasteiger partial charge in [-0.15, -0.1) is 0 Å². The van der Waals surface area contributed by atoms with Crippen LogP contribution >= 0.6 is 0 Å². The minimum atomic E-state index is 0.167. The lowest BCUT2D eigenvalue weighted by atomic mass is 9.88. The zero-order valence-corrected chi connectivity index (χ0v) is 11.5. The van der Waals surface area contributed by atoms with Crippen LogP contribution in [-0.4, -0.2) is 17.6 Å². The molecular formula is C14H25N3. The summed E-state index contributed by atoms with van der Waals surface area (Å²) in [7, 11) is 0. The molecule has 0 aliphatic carbocycles. The number of hydrogen-bond donors (Lipinski definition) is 2. The molecule has 0 aliphatic heterocycles. The van der Waals surface area contributed by atoms with Crippen LogP contribution in [0.3, 0.4) is 0 Å². The van der Waals surface area contributed by atoms with Crippen molar-refractivity contribution in [3.63, 3.8) is 0 Å². The normalized spacial score (nSPS) is 13.5. The first kappa shape index (κ1) is 14.0. The lowest BCUT2D eigenvalue weighted by molar-refractivity contribution is 0.587. The molecule has 1 unspecified atom stereocenters. The van der Waals surface area contributed by atoms with Gasteiger partial charge in [0.1, 0.15) is 5.82 Å². The number of nitrogens with zero attached hydrogens (tertiary/aromatic N) is 1. The van der Waals surface area contributed by atoms with Crippen molar-refractivity contribution in [1.29, 1.82) is 0 Å². The predicted molar refractivity (Wildman–Crippen MR) is 74.3 cm³/mol. The summed E-state index contributed by atoms with van der Waals surface area (Å²) in [6.45, 7) is 9.55. The predicted octanol–water partition coefficient (Wildman–Crippen LogP) is 2.92. The molecule has 0 fully saturated rings. The van der Waals surface area contributed by atoms with Gasteiger partial charge in [-0.25, -0.2) is 4.98 Å². The largest absolute Gasteiger partial charge is 0.370 e. The molecular weight excluding hydrogens is 210 g/mol. The summed E-state index contributed by atoms with van der Waals surface area (Å²) in [6, 6.07) is 4.47. The second kappa shape index (κ2) is 6.01. The smallest absolute Gasteiger partial charge is 0.125 e. The van der Waals surface area contributed by atoms with Crippen molar-refractivity contribution in [2.24, 2.45) is 5.73 Å². The fourth-order valence-electron chi connectivity index (χ4n) is 1.58. The Morgan fingerprint density at radius 2 is 2.06 bits per heavy atom. The Labute approximate surface area is 105 Å². The number of aromatic nitrogens is 1. The monoisotopic (exact) mass is 235 g/mol. The first-order valence-corrected chi connectivity index (χ1v) is 6.35. The molecule has 0 aromatic carbocycles. The number of nitrogens with two attached hydrogens (primary N) is 1. The fraction of sp³-hybridized carbons (Fsp3) is 0.643. The van der Waals surface area contributed by atoms with E-state index in [4.69, 9.17) is 5.73 Å². The first-order valence-electron chi connectivity index (χ1n) is 6.35. The number of rotatable bonds is 5. The zero-order chi connectivity index (χ0) is 12.9. The van der Waals surface area contributed by atoms with Gasteiger partial charge in [0.15, 0.2) is 0 Å². The van der Waals surface area contributed by atoms with E-state index in [9.17, 15) is 0 Å². The van der Waals surface area contributed by atoms with Crippen LogP contribution in [0.4, 0.5) is 5.82 Å². The Bertz CT molecular complexity index is 322. The highest BCUT2D eigenvalue weighted by Crippen LogP contribution is 2.21. The van der Waals surface area contributed by atoms with Gasteiger partial charge in [-0.2, -0.15) is 0 Å². The van der Waals surface area contributed by atoms with Gasteiger partial charge in [-0.1, -0.05) is 26.8 Å². The van der Waals surface area contributed by atoms with Crippen LogP contribution in [0.15, 0.2) is 18.3 Å². The average molecular weight is 235 g/mol. The molecule has 1 atom stereocenters. The summed E-state index contributed by atoms with van der Waals surface area (Å²) in [5, 5.41) is 3.31. The lowest BCUT2D eigenvalue weighted by Crippen LogP contribution is -2.16. The molecule has 0 amide bonds. The van der Waals surface area contributed by atoms with Gasteiger partial charge >= 0.3 is 0 Å². The van der Waals surface area contributed by atoms with Gasteiger partial charge in [0.2, 0.25) is 0 Å². The molecule has 3 N–H and O–H groups in total. The van der Waals surface area contributed by atoms with Crippen LogP contribution in [-0.2, 0) is 5.41 Å². The Hall–Kier alpha value is -1.09. The summed E-state index contributed by atoms with van der Waals surface area (Å²) >= 11 is 0. The quantitative estimate of drug-likeness (QED) is 0.772. The molecule has 3 heteroatoms. The van der Waals surface area contributed by atoms with E-state index in [0.29, 0.717) is 0 Å². The van der Waals surface area contributed by atoms with E-state index in [1.807, 2.05) is 19.2 Å². The second-order valence-corrected chi connectivity index (χ2v) is 5.73. The zero-order valence-electron chi connectivity index (χ0n) is 11.5. The molecule has 0 bridgehead atoms. The van der Waals surface area contributed by atoms with Gasteiger partial charge in [-0.3, -0.25) is 0 Å². The van der Waals surface area contributed by atoms with E-state index in [0.717, 1.165) is 25.2 Å². The highest BCUT2D eigenvalue weighted by atomic mass is 15.0. The van der Waals surface area contributed by atoms with Crippen LogP contribution in [0, 0.1) is 0 Å². The standard InChI is InChI=1S/C14H25N3/c1-11(15)6-5-9-16-13-8-7-12(10-17-13)14(2,3)4/h7-8,10-11H,5-6,9,15H2,1-4H3,(H,16,17). The van der Waals surface area contributed by atoms with Crippen LogP contribution in [0.2, 0.25) is 0 Å². The van der Waals surface area contributed by atoms with Crippen molar-refractivity contribution < 1.29 is 0 Å². The Morgan fingerprint density at radius 3 is 2.53 bits per heavy atom. The minimum absolute atomic E-state index is 0.167. The van der Waals surface area contributed by atoms with Crippen LogP contribution < -0.4 is 11.1 Å². The van der Waals surface area contributed by atoms with Gasteiger partial charge in [0, 0.05) is 18.8 Å². The van der Waals surface area contributed by atoms with E-state index in [1.54, 1.807) is 0 Å². The number of nitrogens with one attached hydrogen (secondary N) is 1. The average Bonchev–Trinajstić information content (AvgIpc) is 2.23. The topological polar surface area (TPSA) is 50.9 Å². The summed E-state index contributed by atoms with van der Waals surface area (Å²) < 4.78 is 0. The molecule has 0 saturated carbocycles. The van der Waals surface area contributed by atoms with Crippen LogP contribution in [0.1, 0.15) is 46.1 Å². The van der Waals surface area contributed by atoms with Crippen molar-refractivity contribution in [2.45, 2.75) is 52.0 Å². The molecule has 0 saturated heterocycles. The SMILES string of the molecule is CC(N)CCCNc1ccc(C(C)(C)C)cn1. The maximum absolute atomic E-state index is 5.70. The van der Waals surface area contributed by atoms with E-state index in [-0.39, 0.29) is 11.5 Å². The van der Waals surface area contributed by atoms with Crippen LogP contribution in [0.25, 0.3) is 0 Å². The Morgan fingerprint density at radius 1 is 1.35 bits per heavy atom. The second-order valence-electron chi connectivity index (χ2n) is 5.73. The molecule has 96 valence electrons. The third kappa shape index (κ3) is 5.18. The summed E-state index contributed by atoms with van der Waals surface area (Å²) in [6.07, 6.45) is 4.08. The lowest BCUT2D eigenvalue weighted by Gasteiger charge is -2.18. The highest BCUT2D eigenvalue weighted by Gasteiger charge is 2.13. The summed E-state index contributed by atoms with van der Waals surface area (Å²) in [5.41, 5.74) is 7.13. The van der Waals surface area contributed by atoms with E-state index in [1.165, 1.54) is 5.56 Å². The van der Waals surface area contributed by atoms with Gasteiger partial charge in [0.05, 0.1) is 0 Å². The fourth-order valence-corrected chi connectivity index (χ4v) is 1.58. The van der Waals surface area contributed by atoms with Crippen molar-refractivity contribution >= 4 is 5.82 Å². The Kier molecular flexibility index (Phi) is 4.94. The number of hydrogen-bond acceptors (Lipinski definition) is 3. The maximum Gasteiger partial charge on any atom is 0.125 e.